The fourth-order valence-electron chi connectivity index (χ4n) is 3.38. The van der Waals surface area contributed by atoms with Gasteiger partial charge in [-0.1, -0.05) is 42.5 Å². The number of fused-ring (bicyclic) bond motifs is 1. The van der Waals surface area contributed by atoms with Crippen molar-refractivity contribution in [2.24, 2.45) is 9.98 Å². The van der Waals surface area contributed by atoms with Crippen LogP contribution in [0.5, 0.6) is 17.2 Å². The van der Waals surface area contributed by atoms with Crippen molar-refractivity contribution in [1.82, 2.24) is 0 Å². The van der Waals surface area contributed by atoms with Crippen LogP contribution in [-0.4, -0.2) is 28.4 Å². The van der Waals surface area contributed by atoms with Crippen molar-refractivity contribution < 1.29 is 14.9 Å². The van der Waals surface area contributed by atoms with Crippen LogP contribution in [0.2, 0.25) is 0 Å². The summed E-state index contributed by atoms with van der Waals surface area (Å²) in [5.74, 6) is 1.09. The topological polar surface area (TPSA) is 74.4 Å². The predicted octanol–water partition coefficient (Wildman–Crippen LogP) is 4.88. The third-order valence-corrected chi connectivity index (χ3v) is 4.92. The average Bonchev–Trinajstić information content (AvgIpc) is 2.72. The summed E-state index contributed by atoms with van der Waals surface area (Å²) in [5.41, 5.74) is 1.44. The lowest BCUT2D eigenvalue weighted by molar-refractivity contribution is 0.0642. The van der Waals surface area contributed by atoms with E-state index >= 15 is 0 Å². The highest BCUT2D eigenvalue weighted by Gasteiger charge is 2.36. The van der Waals surface area contributed by atoms with Crippen LogP contribution < -0.4 is 4.74 Å². The predicted molar refractivity (Wildman–Crippen MR) is 114 cm³/mol. The Morgan fingerprint density at radius 2 is 1.45 bits per heavy atom. The van der Waals surface area contributed by atoms with Crippen molar-refractivity contribution in [3.05, 3.63) is 89.5 Å². The van der Waals surface area contributed by atoms with E-state index in [1.165, 1.54) is 0 Å². The molecule has 5 heteroatoms. The zero-order valence-electron chi connectivity index (χ0n) is 16.1. The normalized spacial score (nSPS) is 21.2. The minimum atomic E-state index is -0.836. The highest BCUT2D eigenvalue weighted by atomic mass is 16.5. The Balaban J connectivity index is 1.65. The van der Waals surface area contributed by atoms with Crippen molar-refractivity contribution in [3.8, 4) is 17.2 Å². The Hall–Kier alpha value is -3.60. The van der Waals surface area contributed by atoms with Gasteiger partial charge in [0.1, 0.15) is 17.2 Å². The molecule has 146 valence electrons. The van der Waals surface area contributed by atoms with Crippen molar-refractivity contribution in [2.45, 2.75) is 25.1 Å². The van der Waals surface area contributed by atoms with E-state index in [9.17, 15) is 10.2 Å². The highest BCUT2D eigenvalue weighted by Crippen LogP contribution is 2.42. The van der Waals surface area contributed by atoms with E-state index in [2.05, 4.69) is 4.99 Å². The zero-order chi connectivity index (χ0) is 20.3. The van der Waals surface area contributed by atoms with Gasteiger partial charge in [0, 0.05) is 35.5 Å². The smallest absolute Gasteiger partial charge is 0.199 e. The molecule has 1 heterocycles. The van der Waals surface area contributed by atoms with Gasteiger partial charge in [-0.25, -0.2) is 4.99 Å². The van der Waals surface area contributed by atoms with E-state index in [1.54, 1.807) is 42.8 Å². The summed E-state index contributed by atoms with van der Waals surface area (Å²) in [6.45, 7) is 1.90. The first-order valence-electron chi connectivity index (χ1n) is 9.46. The summed E-state index contributed by atoms with van der Waals surface area (Å²) in [6.07, 6.45) is 3.85. The third kappa shape index (κ3) is 4.14. The van der Waals surface area contributed by atoms with Gasteiger partial charge in [0.25, 0.3) is 0 Å². The molecule has 5 nitrogen and oxygen atoms in total. The highest BCUT2D eigenvalue weighted by molar-refractivity contribution is 5.84. The van der Waals surface area contributed by atoms with Gasteiger partial charge in [-0.05, 0) is 37.3 Å². The number of hydrogen-bond donors (Lipinski definition) is 2. The molecule has 0 bridgehead atoms. The maximum absolute atomic E-state index is 10.0. The van der Waals surface area contributed by atoms with Crippen LogP contribution in [0.1, 0.15) is 36.1 Å². The number of para-hydroxylation sites is 3. The second kappa shape index (κ2) is 7.80. The monoisotopic (exact) mass is 386 g/mol. The molecule has 4 rings (SSSR count). The number of benzene rings is 3. The molecule has 0 amide bonds. The Labute approximate surface area is 169 Å². The molecule has 0 aliphatic carbocycles. The number of phenols is 2. The summed E-state index contributed by atoms with van der Waals surface area (Å²) in [4.78, 5) is 9.37. The molecule has 0 aromatic heterocycles. The van der Waals surface area contributed by atoms with E-state index in [0.29, 0.717) is 17.5 Å². The maximum Gasteiger partial charge on any atom is 0.199 e. The van der Waals surface area contributed by atoms with Crippen molar-refractivity contribution in [2.75, 3.05) is 0 Å². The van der Waals surface area contributed by atoms with Crippen LogP contribution in [0.3, 0.4) is 0 Å². The summed E-state index contributed by atoms with van der Waals surface area (Å²) < 4.78 is 6.18. The van der Waals surface area contributed by atoms with Crippen LogP contribution in [0.15, 0.2) is 82.8 Å². The fourth-order valence-corrected chi connectivity index (χ4v) is 3.38. The summed E-state index contributed by atoms with van der Waals surface area (Å²) in [6, 6.07) is 21.7. The SMILES string of the molecule is C[C@@]1(N=Cc2ccccc2O)C[C@H](N=Cc2ccccc2O)c2ccccc2O1. The van der Waals surface area contributed by atoms with Gasteiger partial charge in [-0.3, -0.25) is 4.99 Å². The van der Waals surface area contributed by atoms with Crippen LogP contribution in [0.4, 0.5) is 0 Å². The van der Waals surface area contributed by atoms with Crippen LogP contribution in [0, 0.1) is 0 Å². The quantitative estimate of drug-likeness (QED) is 0.628. The summed E-state index contributed by atoms with van der Waals surface area (Å²) in [5, 5.41) is 20.0. The van der Waals surface area contributed by atoms with Crippen molar-refractivity contribution >= 4 is 12.4 Å². The average molecular weight is 386 g/mol. The molecule has 0 saturated carbocycles. The lowest BCUT2D eigenvalue weighted by atomic mass is 9.94. The van der Waals surface area contributed by atoms with Gasteiger partial charge < -0.3 is 14.9 Å². The van der Waals surface area contributed by atoms with E-state index in [4.69, 9.17) is 9.73 Å². The molecule has 0 unspecified atom stereocenters. The van der Waals surface area contributed by atoms with Gasteiger partial charge in [0.15, 0.2) is 5.72 Å². The Morgan fingerprint density at radius 1 is 0.862 bits per heavy atom. The zero-order valence-corrected chi connectivity index (χ0v) is 16.1. The number of rotatable bonds is 4. The second-order valence-corrected chi connectivity index (χ2v) is 7.19. The molecule has 0 spiro atoms. The maximum atomic E-state index is 10.0. The molecule has 0 saturated heterocycles. The minimum absolute atomic E-state index is 0.171. The number of aliphatic imine (C=N–C) groups is 2. The molecular weight excluding hydrogens is 364 g/mol. The fraction of sp³-hybridized carbons (Fsp3) is 0.167. The Kier molecular flexibility index (Phi) is 5.04. The lowest BCUT2D eigenvalue weighted by Crippen LogP contribution is -2.36. The van der Waals surface area contributed by atoms with Crippen LogP contribution >= 0.6 is 0 Å². The van der Waals surface area contributed by atoms with E-state index < -0.39 is 5.72 Å². The first-order valence-corrected chi connectivity index (χ1v) is 9.46. The lowest BCUT2D eigenvalue weighted by Gasteiger charge is -2.35. The number of aromatic hydroxyl groups is 2. The van der Waals surface area contributed by atoms with E-state index in [1.807, 2.05) is 49.4 Å². The van der Waals surface area contributed by atoms with Gasteiger partial charge in [0.05, 0.1) is 6.04 Å². The van der Waals surface area contributed by atoms with Gasteiger partial charge >= 0.3 is 0 Å². The molecule has 3 aromatic rings. The molecule has 1 aliphatic rings. The number of hydrogen-bond acceptors (Lipinski definition) is 5. The standard InChI is InChI=1S/C24H22N2O3/c1-24(26-16-18-9-3-6-12-22(18)28)14-20(19-10-4-7-13-23(19)29-24)25-15-17-8-2-5-11-21(17)27/h2-13,15-16,20,27-28H,14H2,1H3/t20-,24-/m0/s1. The van der Waals surface area contributed by atoms with E-state index in [-0.39, 0.29) is 17.5 Å². The minimum Gasteiger partial charge on any atom is -0.507 e. The molecule has 2 atom stereocenters. The van der Waals surface area contributed by atoms with Crippen LogP contribution in [-0.2, 0) is 0 Å². The van der Waals surface area contributed by atoms with Crippen molar-refractivity contribution in [1.29, 1.82) is 0 Å². The first-order chi connectivity index (χ1) is 14.0. The molecule has 0 fully saturated rings. The Morgan fingerprint density at radius 3 is 2.14 bits per heavy atom. The number of phenolic OH excluding ortho intramolecular Hbond substituents is 2. The van der Waals surface area contributed by atoms with Gasteiger partial charge in [-0.15, -0.1) is 0 Å². The molecule has 0 radical (unpaired) electrons. The summed E-state index contributed by atoms with van der Waals surface area (Å²) >= 11 is 0. The molecular formula is C24H22N2O3. The summed E-state index contributed by atoms with van der Waals surface area (Å²) in [7, 11) is 0. The Bertz CT molecular complexity index is 1080. The van der Waals surface area contributed by atoms with Crippen LogP contribution in [0.25, 0.3) is 0 Å². The molecule has 1 aliphatic heterocycles. The first kappa shape index (κ1) is 18.7. The molecule has 29 heavy (non-hydrogen) atoms. The van der Waals surface area contributed by atoms with E-state index in [0.717, 1.165) is 11.3 Å². The number of nitrogens with zero attached hydrogens (tertiary/aromatic N) is 2. The molecule has 3 aromatic carbocycles. The van der Waals surface area contributed by atoms with Gasteiger partial charge in [-0.2, -0.15) is 0 Å². The second-order valence-electron chi connectivity index (χ2n) is 7.19. The van der Waals surface area contributed by atoms with Crippen molar-refractivity contribution in [3.63, 3.8) is 0 Å². The number of ether oxygens (including phenoxy) is 1. The van der Waals surface area contributed by atoms with Gasteiger partial charge in [0.2, 0.25) is 0 Å². The largest absolute Gasteiger partial charge is 0.507 e. The molecule has 2 N–H and O–H groups in total. The third-order valence-electron chi connectivity index (χ3n) is 4.92.